The molecule has 2 rings (SSSR count). The fourth-order valence-electron chi connectivity index (χ4n) is 2.46. The molecule has 0 saturated carbocycles. The summed E-state index contributed by atoms with van der Waals surface area (Å²) in [4.78, 5) is 6.51. The Bertz CT molecular complexity index is 391. The van der Waals surface area contributed by atoms with Gasteiger partial charge in [-0.15, -0.1) is 0 Å². The van der Waals surface area contributed by atoms with Crippen LogP contribution in [0.3, 0.4) is 0 Å². The molecule has 2 heterocycles. The maximum atomic E-state index is 8.73. The van der Waals surface area contributed by atoms with Crippen LogP contribution < -0.4 is 10.6 Å². The molecule has 1 aromatic rings. The lowest BCUT2D eigenvalue weighted by Gasteiger charge is -2.37. The summed E-state index contributed by atoms with van der Waals surface area (Å²) in [5.74, 6) is 0. The first-order valence-corrected chi connectivity index (χ1v) is 6.18. The third-order valence-electron chi connectivity index (χ3n) is 3.32. The van der Waals surface area contributed by atoms with Crippen molar-refractivity contribution in [2.75, 3.05) is 18.0 Å². The van der Waals surface area contributed by atoms with Crippen LogP contribution in [0.5, 0.6) is 0 Å². The normalized spacial score (nSPS) is 20.0. The van der Waals surface area contributed by atoms with Crippen molar-refractivity contribution in [1.82, 2.24) is 4.98 Å². The molecular weight excluding hydrogens is 212 g/mol. The maximum Gasteiger partial charge on any atom is 0.140 e. The van der Waals surface area contributed by atoms with Crippen LogP contribution >= 0.6 is 0 Å². The molecule has 0 aromatic carbocycles. The molecule has 0 radical (unpaired) electrons. The van der Waals surface area contributed by atoms with Gasteiger partial charge in [0.1, 0.15) is 11.8 Å². The summed E-state index contributed by atoms with van der Waals surface area (Å²) < 4.78 is 0. The minimum absolute atomic E-state index is 0.473. The highest BCUT2D eigenvalue weighted by molar-refractivity contribution is 5.47. The van der Waals surface area contributed by atoms with Crippen molar-refractivity contribution in [3.8, 4) is 6.07 Å². The first kappa shape index (κ1) is 11.9. The van der Waals surface area contributed by atoms with Gasteiger partial charge in [-0.2, -0.15) is 5.26 Å². The molecule has 1 unspecified atom stereocenters. The van der Waals surface area contributed by atoms with Gasteiger partial charge in [0, 0.05) is 12.6 Å². The Hall–Kier alpha value is -1.60. The Balaban J connectivity index is 2.14. The smallest absolute Gasteiger partial charge is 0.140 e. The monoisotopic (exact) mass is 230 g/mol. The van der Waals surface area contributed by atoms with E-state index in [1.165, 1.54) is 19.3 Å². The molecule has 1 saturated heterocycles. The van der Waals surface area contributed by atoms with E-state index < -0.39 is 0 Å². The number of pyridine rings is 1. The van der Waals surface area contributed by atoms with E-state index in [1.54, 1.807) is 12.3 Å². The molecule has 4 heteroatoms. The topological polar surface area (TPSA) is 65.9 Å². The Morgan fingerprint density at radius 1 is 1.47 bits per heavy atom. The molecule has 4 nitrogen and oxygen atoms in total. The Morgan fingerprint density at radius 3 is 3.00 bits per heavy atom. The van der Waals surface area contributed by atoms with Gasteiger partial charge in [-0.1, -0.05) is 0 Å². The predicted molar refractivity (Wildman–Crippen MR) is 67.6 cm³/mol. The summed E-state index contributed by atoms with van der Waals surface area (Å²) in [7, 11) is 0. The van der Waals surface area contributed by atoms with Crippen molar-refractivity contribution in [3.05, 3.63) is 24.0 Å². The quantitative estimate of drug-likeness (QED) is 0.857. The Kier molecular flexibility index (Phi) is 3.94. The SMILES string of the molecule is N#Cc1ccc(N2CCCCC2CCN)cn1. The van der Waals surface area contributed by atoms with Gasteiger partial charge in [0.05, 0.1) is 11.9 Å². The summed E-state index contributed by atoms with van der Waals surface area (Å²) in [6.07, 6.45) is 6.54. The van der Waals surface area contributed by atoms with Gasteiger partial charge in [0.25, 0.3) is 0 Å². The second-order valence-corrected chi connectivity index (χ2v) is 4.43. The number of rotatable bonds is 3. The Labute approximate surface area is 102 Å². The molecule has 90 valence electrons. The van der Waals surface area contributed by atoms with Crippen LogP contribution in [0.25, 0.3) is 0 Å². The highest BCUT2D eigenvalue weighted by Gasteiger charge is 2.21. The lowest BCUT2D eigenvalue weighted by Crippen LogP contribution is -2.40. The standard InChI is InChI=1S/C13H18N4/c14-7-6-12-3-1-2-8-17(12)13-5-4-11(9-15)16-10-13/h4-5,10,12H,1-3,6-8,14H2. The predicted octanol–water partition coefficient (Wildman–Crippen LogP) is 1.66. The van der Waals surface area contributed by atoms with E-state index in [4.69, 9.17) is 11.0 Å². The molecule has 17 heavy (non-hydrogen) atoms. The summed E-state index contributed by atoms with van der Waals surface area (Å²) in [6, 6.07) is 6.34. The van der Waals surface area contributed by atoms with Crippen molar-refractivity contribution in [3.63, 3.8) is 0 Å². The van der Waals surface area contributed by atoms with Gasteiger partial charge < -0.3 is 10.6 Å². The van der Waals surface area contributed by atoms with Gasteiger partial charge in [0.15, 0.2) is 0 Å². The number of piperidine rings is 1. The summed E-state index contributed by atoms with van der Waals surface area (Å²) in [5.41, 5.74) is 7.25. The second-order valence-electron chi connectivity index (χ2n) is 4.43. The molecule has 1 aliphatic rings. The second kappa shape index (κ2) is 5.65. The number of hydrogen-bond donors (Lipinski definition) is 1. The van der Waals surface area contributed by atoms with Crippen LogP contribution in [0, 0.1) is 11.3 Å². The van der Waals surface area contributed by atoms with Gasteiger partial charge in [-0.3, -0.25) is 0 Å². The first-order chi connectivity index (χ1) is 8.35. The van der Waals surface area contributed by atoms with Crippen LogP contribution in [-0.4, -0.2) is 24.1 Å². The summed E-state index contributed by atoms with van der Waals surface area (Å²) >= 11 is 0. The van der Waals surface area contributed by atoms with Crippen molar-refractivity contribution >= 4 is 5.69 Å². The molecule has 0 spiro atoms. The van der Waals surface area contributed by atoms with E-state index in [2.05, 4.69) is 9.88 Å². The van der Waals surface area contributed by atoms with Crippen molar-refractivity contribution in [1.29, 1.82) is 5.26 Å². The zero-order chi connectivity index (χ0) is 12.1. The highest BCUT2D eigenvalue weighted by Crippen LogP contribution is 2.25. The molecular formula is C13H18N4. The fourth-order valence-corrected chi connectivity index (χ4v) is 2.46. The van der Waals surface area contributed by atoms with Crippen molar-refractivity contribution < 1.29 is 0 Å². The van der Waals surface area contributed by atoms with Crippen LogP contribution in [0.15, 0.2) is 18.3 Å². The number of nitriles is 1. The van der Waals surface area contributed by atoms with Gasteiger partial charge in [-0.05, 0) is 44.4 Å². The number of nitrogens with zero attached hydrogens (tertiary/aromatic N) is 3. The van der Waals surface area contributed by atoms with Crippen LogP contribution in [0.1, 0.15) is 31.4 Å². The van der Waals surface area contributed by atoms with Crippen LogP contribution in [0.4, 0.5) is 5.69 Å². The van der Waals surface area contributed by atoms with E-state index in [0.29, 0.717) is 11.7 Å². The Morgan fingerprint density at radius 2 is 2.35 bits per heavy atom. The van der Waals surface area contributed by atoms with E-state index in [-0.39, 0.29) is 0 Å². The van der Waals surface area contributed by atoms with Gasteiger partial charge in [0.2, 0.25) is 0 Å². The molecule has 0 aliphatic carbocycles. The summed E-state index contributed by atoms with van der Waals surface area (Å²) in [5, 5.41) is 8.73. The third-order valence-corrected chi connectivity index (χ3v) is 3.32. The average Bonchev–Trinajstić information content (AvgIpc) is 2.40. The minimum atomic E-state index is 0.473. The van der Waals surface area contributed by atoms with E-state index in [1.807, 2.05) is 12.1 Å². The lowest BCUT2D eigenvalue weighted by atomic mass is 9.99. The first-order valence-electron chi connectivity index (χ1n) is 6.18. The number of aromatic nitrogens is 1. The largest absolute Gasteiger partial charge is 0.367 e. The number of nitrogens with two attached hydrogens (primary N) is 1. The zero-order valence-electron chi connectivity index (χ0n) is 9.97. The van der Waals surface area contributed by atoms with Crippen molar-refractivity contribution in [2.45, 2.75) is 31.7 Å². The lowest BCUT2D eigenvalue weighted by molar-refractivity contribution is 0.441. The maximum absolute atomic E-state index is 8.73. The van der Waals surface area contributed by atoms with E-state index in [0.717, 1.165) is 25.2 Å². The molecule has 2 N–H and O–H groups in total. The van der Waals surface area contributed by atoms with E-state index >= 15 is 0 Å². The van der Waals surface area contributed by atoms with Crippen molar-refractivity contribution in [2.24, 2.45) is 5.73 Å². The third kappa shape index (κ3) is 2.75. The average molecular weight is 230 g/mol. The molecule has 0 amide bonds. The van der Waals surface area contributed by atoms with E-state index in [9.17, 15) is 0 Å². The zero-order valence-corrected chi connectivity index (χ0v) is 9.97. The van der Waals surface area contributed by atoms with Gasteiger partial charge >= 0.3 is 0 Å². The van der Waals surface area contributed by atoms with Crippen LogP contribution in [-0.2, 0) is 0 Å². The van der Waals surface area contributed by atoms with Crippen LogP contribution in [0.2, 0.25) is 0 Å². The molecule has 1 atom stereocenters. The molecule has 1 aromatic heterocycles. The highest BCUT2D eigenvalue weighted by atomic mass is 15.2. The fraction of sp³-hybridized carbons (Fsp3) is 0.538. The minimum Gasteiger partial charge on any atom is -0.367 e. The molecule has 1 fully saturated rings. The number of hydrogen-bond acceptors (Lipinski definition) is 4. The molecule has 1 aliphatic heterocycles. The summed E-state index contributed by atoms with van der Waals surface area (Å²) in [6.45, 7) is 1.79. The number of anilines is 1. The molecule has 0 bridgehead atoms. The van der Waals surface area contributed by atoms with Gasteiger partial charge in [-0.25, -0.2) is 4.98 Å².